The van der Waals surface area contributed by atoms with E-state index in [-0.39, 0.29) is 35.0 Å². The SMILES string of the molecule is CC1O[P+](=O)O[P+](=O)O1.[Na+].[OH-]. The summed E-state index contributed by atoms with van der Waals surface area (Å²) >= 11 is 0. The summed E-state index contributed by atoms with van der Waals surface area (Å²) in [6.45, 7) is 1.49. The molecule has 1 heterocycles. The maximum atomic E-state index is 10.3. The molecule has 1 rings (SSSR count). The van der Waals surface area contributed by atoms with Gasteiger partial charge in [-0.3, -0.25) is 0 Å². The molecule has 0 radical (unpaired) electrons. The minimum absolute atomic E-state index is 0. The zero-order chi connectivity index (χ0) is 6.85. The summed E-state index contributed by atoms with van der Waals surface area (Å²) in [5.74, 6) is 0. The minimum atomic E-state index is -2.23. The fraction of sp³-hybridized carbons (Fsp3) is 1.00. The van der Waals surface area contributed by atoms with E-state index < -0.39 is 22.8 Å². The van der Waals surface area contributed by atoms with Gasteiger partial charge in [-0.1, -0.05) is 9.05 Å². The summed E-state index contributed by atoms with van der Waals surface area (Å²) in [5, 5.41) is 0. The molecule has 0 amide bonds. The van der Waals surface area contributed by atoms with E-state index in [4.69, 9.17) is 0 Å². The van der Waals surface area contributed by atoms with Gasteiger partial charge in [-0.25, -0.2) is 0 Å². The zero-order valence-electron chi connectivity index (χ0n) is 5.96. The van der Waals surface area contributed by atoms with Crippen molar-refractivity contribution in [2.75, 3.05) is 0 Å². The van der Waals surface area contributed by atoms with Crippen LogP contribution in [0.3, 0.4) is 0 Å². The Bertz CT molecular complexity index is 145. The van der Waals surface area contributed by atoms with Gasteiger partial charge in [-0.2, -0.15) is 0 Å². The normalized spacial score (nSPS) is 30.1. The van der Waals surface area contributed by atoms with Crippen molar-refractivity contribution >= 4 is 16.5 Å². The van der Waals surface area contributed by atoms with Crippen molar-refractivity contribution in [3.05, 3.63) is 0 Å². The van der Waals surface area contributed by atoms with Gasteiger partial charge in [-0.05, 0) is 6.92 Å². The molecule has 0 aromatic heterocycles. The summed E-state index contributed by atoms with van der Waals surface area (Å²) in [5.41, 5.74) is 0. The Morgan fingerprint density at radius 3 is 1.82 bits per heavy atom. The van der Waals surface area contributed by atoms with E-state index in [1.165, 1.54) is 6.92 Å². The van der Waals surface area contributed by atoms with E-state index >= 15 is 0 Å². The molecule has 1 fully saturated rings. The van der Waals surface area contributed by atoms with E-state index in [1.807, 2.05) is 0 Å². The minimum Gasteiger partial charge on any atom is -0.870 e. The van der Waals surface area contributed by atoms with Crippen LogP contribution in [-0.4, -0.2) is 11.8 Å². The molecule has 2 atom stereocenters. The molecule has 0 aromatic carbocycles. The monoisotopic (exact) mass is 210 g/mol. The van der Waals surface area contributed by atoms with Crippen LogP contribution < -0.4 is 29.6 Å². The molecular formula is C2H5NaO6P2+2. The van der Waals surface area contributed by atoms with Crippen LogP contribution in [-0.2, 0) is 22.5 Å². The fourth-order valence-electron chi connectivity index (χ4n) is 0.355. The van der Waals surface area contributed by atoms with Crippen LogP contribution in [0.2, 0.25) is 0 Å². The van der Waals surface area contributed by atoms with Gasteiger partial charge in [-0.15, -0.1) is 0 Å². The molecule has 0 aliphatic carbocycles. The average molecular weight is 210 g/mol. The molecule has 0 spiro atoms. The quantitative estimate of drug-likeness (QED) is 0.358. The van der Waals surface area contributed by atoms with Gasteiger partial charge in [0.05, 0.1) is 0 Å². The second kappa shape index (κ2) is 6.54. The van der Waals surface area contributed by atoms with E-state index in [1.54, 1.807) is 0 Å². The molecule has 0 aromatic rings. The van der Waals surface area contributed by atoms with Crippen molar-refractivity contribution in [2.45, 2.75) is 13.2 Å². The molecule has 11 heavy (non-hydrogen) atoms. The first-order valence-electron chi connectivity index (χ1n) is 2.14. The topological polar surface area (TPSA) is 91.8 Å². The largest absolute Gasteiger partial charge is 1.00 e. The summed E-state index contributed by atoms with van der Waals surface area (Å²) in [4.78, 5) is 0. The Labute approximate surface area is 87.1 Å². The molecule has 58 valence electrons. The van der Waals surface area contributed by atoms with Crippen LogP contribution in [0.25, 0.3) is 0 Å². The van der Waals surface area contributed by atoms with Crippen LogP contribution >= 0.6 is 16.5 Å². The van der Waals surface area contributed by atoms with E-state index in [2.05, 4.69) is 13.4 Å². The molecule has 0 saturated carbocycles. The van der Waals surface area contributed by atoms with Crippen LogP contribution in [0.5, 0.6) is 0 Å². The molecule has 6 nitrogen and oxygen atoms in total. The third-order valence-electron chi connectivity index (χ3n) is 0.602. The van der Waals surface area contributed by atoms with Gasteiger partial charge in [0.15, 0.2) is 4.31 Å². The number of hydrogen-bond acceptors (Lipinski definition) is 6. The van der Waals surface area contributed by atoms with E-state index in [0.717, 1.165) is 0 Å². The second-order valence-corrected chi connectivity index (χ2v) is 3.28. The van der Waals surface area contributed by atoms with Gasteiger partial charge >= 0.3 is 46.1 Å². The van der Waals surface area contributed by atoms with Crippen molar-refractivity contribution < 1.29 is 57.5 Å². The molecule has 1 aliphatic heterocycles. The first-order chi connectivity index (χ1) is 4.18. The molecule has 1 aliphatic rings. The zero-order valence-corrected chi connectivity index (χ0v) is 9.75. The van der Waals surface area contributed by atoms with Crippen LogP contribution in [0.4, 0.5) is 0 Å². The first kappa shape index (κ1) is 14.6. The van der Waals surface area contributed by atoms with Crippen molar-refractivity contribution in [2.24, 2.45) is 0 Å². The summed E-state index contributed by atoms with van der Waals surface area (Å²) in [6, 6.07) is 0. The Balaban J connectivity index is 0. The average Bonchev–Trinajstić information content (AvgIpc) is 1.59. The third-order valence-corrected chi connectivity index (χ3v) is 2.61. The summed E-state index contributed by atoms with van der Waals surface area (Å²) < 4.78 is 33.7. The molecule has 1 N–H and O–H groups in total. The van der Waals surface area contributed by atoms with Crippen LogP contribution in [0, 0.1) is 0 Å². The predicted octanol–water partition coefficient (Wildman–Crippen LogP) is -1.46. The van der Waals surface area contributed by atoms with Gasteiger partial charge in [0.1, 0.15) is 0 Å². The van der Waals surface area contributed by atoms with Crippen LogP contribution in [0.15, 0.2) is 0 Å². The molecule has 1 saturated heterocycles. The first-order valence-corrected chi connectivity index (χ1v) is 4.34. The van der Waals surface area contributed by atoms with Crippen molar-refractivity contribution in [1.82, 2.24) is 0 Å². The van der Waals surface area contributed by atoms with E-state index in [0.29, 0.717) is 0 Å². The molecule has 0 bridgehead atoms. The van der Waals surface area contributed by atoms with Gasteiger partial charge in [0, 0.05) is 9.13 Å². The maximum Gasteiger partial charge on any atom is 1.00 e. The number of hydrogen-bond donors (Lipinski definition) is 0. The predicted molar refractivity (Wildman–Crippen MR) is 29.9 cm³/mol. The molecule has 9 heteroatoms. The summed E-state index contributed by atoms with van der Waals surface area (Å²) in [6.07, 6.45) is -0.703. The second-order valence-electron chi connectivity index (χ2n) is 1.31. The maximum absolute atomic E-state index is 10.3. The molecule has 2 unspecified atom stereocenters. The third kappa shape index (κ3) is 5.31. The smallest absolute Gasteiger partial charge is 0.870 e. The Hall–Kier alpha value is 1.04. The van der Waals surface area contributed by atoms with Crippen molar-refractivity contribution in [1.29, 1.82) is 0 Å². The Kier molecular flexibility index (Phi) is 8.66. The number of rotatable bonds is 0. The molecular weight excluding hydrogens is 205 g/mol. The van der Waals surface area contributed by atoms with E-state index in [9.17, 15) is 9.13 Å². The van der Waals surface area contributed by atoms with Gasteiger partial charge in [0.2, 0.25) is 0 Å². The standard InChI is InChI=1S/C2H4O5P2.Na.H2O/c1-2-5-8(3)7-9(4)6-2;;/h2H,1H3;;1H2/q+2;+1;/p-1. The fourth-order valence-corrected chi connectivity index (χ4v) is 1.74. The van der Waals surface area contributed by atoms with Crippen LogP contribution in [0.1, 0.15) is 6.92 Å². The van der Waals surface area contributed by atoms with Crippen molar-refractivity contribution in [3.8, 4) is 0 Å². The summed E-state index contributed by atoms with van der Waals surface area (Å²) in [7, 11) is -4.46. The Morgan fingerprint density at radius 2 is 1.55 bits per heavy atom. The Morgan fingerprint density at radius 1 is 1.18 bits per heavy atom. The van der Waals surface area contributed by atoms with Gasteiger partial charge in [0.25, 0.3) is 6.29 Å². The van der Waals surface area contributed by atoms with Crippen molar-refractivity contribution in [3.63, 3.8) is 0 Å². The van der Waals surface area contributed by atoms with Gasteiger partial charge < -0.3 is 5.48 Å².